The van der Waals surface area contributed by atoms with Gasteiger partial charge < -0.3 is 14.8 Å². The Bertz CT molecular complexity index is 618. The molecule has 1 aromatic heterocycles. The van der Waals surface area contributed by atoms with Gasteiger partial charge in [0.05, 0.1) is 19.0 Å². The van der Waals surface area contributed by atoms with Crippen molar-refractivity contribution in [3.8, 4) is 17.2 Å². The number of rotatable bonds is 5. The van der Waals surface area contributed by atoms with E-state index >= 15 is 0 Å². The molecule has 1 fully saturated rings. The molecule has 118 valence electrons. The first-order valence-electron chi connectivity index (χ1n) is 7.82. The molecule has 3 rings (SSSR count). The zero-order valence-electron chi connectivity index (χ0n) is 13.2. The minimum absolute atomic E-state index is 0.693. The Morgan fingerprint density at radius 2 is 1.91 bits per heavy atom. The van der Waals surface area contributed by atoms with Crippen LogP contribution in [0.4, 0.5) is 0 Å². The molecule has 0 bridgehead atoms. The largest absolute Gasteiger partial charge is 0.493 e. The van der Waals surface area contributed by atoms with Crippen molar-refractivity contribution in [3.05, 3.63) is 36.2 Å². The van der Waals surface area contributed by atoms with Crippen molar-refractivity contribution < 1.29 is 9.47 Å². The molecule has 0 radical (unpaired) electrons. The van der Waals surface area contributed by atoms with Gasteiger partial charge in [0.25, 0.3) is 0 Å². The van der Waals surface area contributed by atoms with Gasteiger partial charge in [-0.2, -0.15) is 5.10 Å². The molecule has 1 aromatic carbocycles. The topological polar surface area (TPSA) is 48.3 Å². The molecule has 1 saturated heterocycles. The smallest absolute Gasteiger partial charge is 0.169 e. The Balaban J connectivity index is 1.72. The zero-order valence-corrected chi connectivity index (χ0v) is 13.2. The maximum Gasteiger partial charge on any atom is 0.169 e. The molecule has 0 unspecified atom stereocenters. The van der Waals surface area contributed by atoms with E-state index in [1.54, 1.807) is 13.3 Å². The standard InChI is InChI=1S/C17H23N3O2/c1-13-17(22-16-6-4-3-5-15(16)21-2)11-19-20(13)12-14-7-9-18-10-8-14/h3-6,11,14,18H,7-10,12H2,1-2H3. The molecule has 1 aliphatic heterocycles. The highest BCUT2D eigenvalue weighted by Crippen LogP contribution is 2.32. The molecular weight excluding hydrogens is 278 g/mol. The number of ether oxygens (including phenoxy) is 2. The van der Waals surface area contributed by atoms with Crippen LogP contribution in [-0.2, 0) is 6.54 Å². The number of methoxy groups -OCH3 is 1. The molecule has 0 spiro atoms. The van der Waals surface area contributed by atoms with Crippen molar-refractivity contribution in [2.45, 2.75) is 26.3 Å². The maximum absolute atomic E-state index is 5.98. The quantitative estimate of drug-likeness (QED) is 0.922. The van der Waals surface area contributed by atoms with Gasteiger partial charge in [-0.1, -0.05) is 12.1 Å². The fourth-order valence-electron chi connectivity index (χ4n) is 2.84. The number of nitrogens with zero attached hydrogens (tertiary/aromatic N) is 2. The highest BCUT2D eigenvalue weighted by molar-refractivity contribution is 5.43. The van der Waals surface area contributed by atoms with E-state index in [4.69, 9.17) is 9.47 Å². The summed E-state index contributed by atoms with van der Waals surface area (Å²) >= 11 is 0. The number of aromatic nitrogens is 2. The lowest BCUT2D eigenvalue weighted by atomic mass is 9.98. The van der Waals surface area contributed by atoms with E-state index in [2.05, 4.69) is 22.0 Å². The Morgan fingerprint density at radius 1 is 1.18 bits per heavy atom. The van der Waals surface area contributed by atoms with Gasteiger partial charge in [0.2, 0.25) is 0 Å². The van der Waals surface area contributed by atoms with Crippen molar-refractivity contribution in [2.24, 2.45) is 5.92 Å². The normalized spacial score (nSPS) is 15.7. The first-order valence-corrected chi connectivity index (χ1v) is 7.82. The Kier molecular flexibility index (Phi) is 4.63. The minimum Gasteiger partial charge on any atom is -0.493 e. The third kappa shape index (κ3) is 3.25. The third-order valence-corrected chi connectivity index (χ3v) is 4.24. The number of hydrogen-bond acceptors (Lipinski definition) is 4. The molecule has 1 N–H and O–H groups in total. The van der Waals surface area contributed by atoms with Crippen molar-refractivity contribution in [3.63, 3.8) is 0 Å². The summed E-state index contributed by atoms with van der Waals surface area (Å²) in [5.41, 5.74) is 1.06. The fourth-order valence-corrected chi connectivity index (χ4v) is 2.84. The van der Waals surface area contributed by atoms with Gasteiger partial charge >= 0.3 is 0 Å². The summed E-state index contributed by atoms with van der Waals surface area (Å²) in [5, 5.41) is 7.89. The first-order chi connectivity index (χ1) is 10.8. The fraction of sp³-hybridized carbons (Fsp3) is 0.471. The average molecular weight is 301 g/mol. The summed E-state index contributed by atoms with van der Waals surface area (Å²) in [5.74, 6) is 2.93. The lowest BCUT2D eigenvalue weighted by Gasteiger charge is -2.22. The summed E-state index contributed by atoms with van der Waals surface area (Å²) in [6, 6.07) is 7.66. The number of para-hydroxylation sites is 2. The van der Waals surface area contributed by atoms with Gasteiger partial charge in [-0.3, -0.25) is 4.68 Å². The molecule has 0 atom stereocenters. The zero-order chi connectivity index (χ0) is 15.4. The van der Waals surface area contributed by atoms with Crippen LogP contribution in [0.3, 0.4) is 0 Å². The second kappa shape index (κ2) is 6.83. The molecule has 0 saturated carbocycles. The number of piperidine rings is 1. The Morgan fingerprint density at radius 3 is 2.64 bits per heavy atom. The van der Waals surface area contributed by atoms with E-state index in [1.165, 1.54) is 12.8 Å². The average Bonchev–Trinajstić information content (AvgIpc) is 2.90. The number of nitrogens with one attached hydrogen (secondary N) is 1. The molecule has 22 heavy (non-hydrogen) atoms. The van der Waals surface area contributed by atoms with Crippen LogP contribution in [0.5, 0.6) is 17.2 Å². The van der Waals surface area contributed by atoms with Gasteiger partial charge in [0, 0.05) is 6.54 Å². The predicted molar refractivity (Wildman–Crippen MR) is 85.6 cm³/mol. The van der Waals surface area contributed by atoms with Gasteiger partial charge in [0.15, 0.2) is 17.2 Å². The molecule has 2 heterocycles. The monoisotopic (exact) mass is 301 g/mol. The molecule has 5 heteroatoms. The van der Waals surface area contributed by atoms with Crippen LogP contribution in [0.2, 0.25) is 0 Å². The predicted octanol–water partition coefficient (Wildman–Crippen LogP) is 2.99. The Hall–Kier alpha value is -2.01. The maximum atomic E-state index is 5.98. The van der Waals surface area contributed by atoms with E-state index in [-0.39, 0.29) is 0 Å². The number of benzene rings is 1. The van der Waals surface area contributed by atoms with Crippen molar-refractivity contribution in [2.75, 3.05) is 20.2 Å². The summed E-state index contributed by atoms with van der Waals surface area (Å²) < 4.78 is 13.4. The van der Waals surface area contributed by atoms with Gasteiger partial charge in [-0.25, -0.2) is 0 Å². The van der Waals surface area contributed by atoms with Gasteiger partial charge in [-0.15, -0.1) is 0 Å². The first kappa shape index (κ1) is 14.9. The second-order valence-corrected chi connectivity index (χ2v) is 5.72. The SMILES string of the molecule is COc1ccccc1Oc1cnn(CC2CCNCC2)c1C. The highest BCUT2D eigenvalue weighted by Gasteiger charge is 2.17. The summed E-state index contributed by atoms with van der Waals surface area (Å²) in [4.78, 5) is 0. The molecule has 0 amide bonds. The van der Waals surface area contributed by atoms with Crippen molar-refractivity contribution in [1.82, 2.24) is 15.1 Å². The van der Waals surface area contributed by atoms with Crippen molar-refractivity contribution in [1.29, 1.82) is 0 Å². The van der Waals surface area contributed by atoms with Gasteiger partial charge in [-0.05, 0) is 50.9 Å². The van der Waals surface area contributed by atoms with Crippen LogP contribution in [0, 0.1) is 12.8 Å². The van der Waals surface area contributed by atoms with Crippen LogP contribution in [0.15, 0.2) is 30.5 Å². The molecule has 1 aliphatic rings. The highest BCUT2D eigenvalue weighted by atomic mass is 16.5. The summed E-state index contributed by atoms with van der Waals surface area (Å²) in [6.07, 6.45) is 4.22. The molecule has 0 aliphatic carbocycles. The molecule has 5 nitrogen and oxygen atoms in total. The van der Waals surface area contributed by atoms with E-state index in [0.29, 0.717) is 5.92 Å². The van der Waals surface area contributed by atoms with E-state index in [0.717, 1.165) is 42.6 Å². The van der Waals surface area contributed by atoms with Crippen LogP contribution in [0.25, 0.3) is 0 Å². The van der Waals surface area contributed by atoms with E-state index in [9.17, 15) is 0 Å². The summed E-state index contributed by atoms with van der Waals surface area (Å²) in [6.45, 7) is 5.23. The lowest BCUT2D eigenvalue weighted by Crippen LogP contribution is -2.30. The van der Waals surface area contributed by atoms with Crippen molar-refractivity contribution >= 4 is 0 Å². The number of hydrogen-bond donors (Lipinski definition) is 1. The van der Waals surface area contributed by atoms with Crippen LogP contribution in [0.1, 0.15) is 18.5 Å². The second-order valence-electron chi connectivity index (χ2n) is 5.72. The third-order valence-electron chi connectivity index (χ3n) is 4.24. The van der Waals surface area contributed by atoms with Crippen LogP contribution >= 0.6 is 0 Å². The van der Waals surface area contributed by atoms with E-state index < -0.39 is 0 Å². The van der Waals surface area contributed by atoms with Crippen LogP contribution < -0.4 is 14.8 Å². The molecular formula is C17H23N3O2. The van der Waals surface area contributed by atoms with Crippen LogP contribution in [-0.4, -0.2) is 30.0 Å². The minimum atomic E-state index is 0.693. The Labute approximate surface area is 131 Å². The van der Waals surface area contributed by atoms with E-state index in [1.807, 2.05) is 24.3 Å². The lowest BCUT2D eigenvalue weighted by molar-refractivity contribution is 0.317. The molecule has 2 aromatic rings. The summed E-state index contributed by atoms with van der Waals surface area (Å²) in [7, 11) is 1.65. The van der Waals surface area contributed by atoms with Gasteiger partial charge in [0.1, 0.15) is 0 Å².